The zero-order valence-electron chi connectivity index (χ0n) is 20.4. The second-order valence-electron chi connectivity index (χ2n) is 12.1. The Balaban J connectivity index is 1.51. The van der Waals surface area contributed by atoms with E-state index in [0.29, 0.717) is 54.3 Å². The number of rotatable bonds is 5. The summed E-state index contributed by atoms with van der Waals surface area (Å²) in [7, 11) is 0. The summed E-state index contributed by atoms with van der Waals surface area (Å²) in [5, 5.41) is 11.3. The Morgan fingerprint density at radius 1 is 1.13 bits per heavy atom. The molecule has 10 atom stereocenters. The summed E-state index contributed by atoms with van der Waals surface area (Å²) in [4.78, 5) is 24.3. The molecule has 4 saturated carbocycles. The van der Waals surface area contributed by atoms with E-state index in [9.17, 15) is 14.7 Å². The van der Waals surface area contributed by atoms with Crippen LogP contribution in [-0.4, -0.2) is 29.6 Å². The van der Waals surface area contributed by atoms with E-state index in [-0.39, 0.29) is 28.8 Å². The Hall–Kier alpha value is -0.900. The van der Waals surface area contributed by atoms with Gasteiger partial charge in [-0.3, -0.25) is 9.59 Å². The topological polar surface area (TPSA) is 63.6 Å². The Bertz CT molecular complexity index is 703. The largest absolute Gasteiger partial charge is 0.466 e. The number of aliphatic hydroxyl groups excluding tert-OH is 1. The van der Waals surface area contributed by atoms with E-state index in [1.165, 1.54) is 25.7 Å². The van der Waals surface area contributed by atoms with Crippen molar-refractivity contribution in [2.24, 2.45) is 52.3 Å². The van der Waals surface area contributed by atoms with Crippen LogP contribution < -0.4 is 0 Å². The molecular weight excluding hydrogens is 388 g/mol. The fraction of sp³-hybridized carbons (Fsp3) is 0.926. The first-order valence-electron chi connectivity index (χ1n) is 13.0. The zero-order valence-corrected chi connectivity index (χ0v) is 20.4. The van der Waals surface area contributed by atoms with Crippen LogP contribution in [0.2, 0.25) is 0 Å². The van der Waals surface area contributed by atoms with Crippen molar-refractivity contribution in [3.05, 3.63) is 0 Å². The summed E-state index contributed by atoms with van der Waals surface area (Å²) in [6, 6.07) is 0. The van der Waals surface area contributed by atoms with Crippen molar-refractivity contribution >= 4 is 11.8 Å². The average molecular weight is 433 g/mol. The van der Waals surface area contributed by atoms with Gasteiger partial charge in [0, 0.05) is 12.8 Å². The molecule has 0 radical (unpaired) electrons. The van der Waals surface area contributed by atoms with E-state index in [1.54, 1.807) is 0 Å². The molecule has 1 N–H and O–H groups in total. The summed E-state index contributed by atoms with van der Waals surface area (Å²) in [6.45, 7) is 11.6. The minimum atomic E-state index is -0.258. The Kier molecular flexibility index (Phi) is 6.35. The van der Waals surface area contributed by atoms with Gasteiger partial charge in [0.25, 0.3) is 0 Å². The number of aliphatic hydroxyl groups is 1. The number of hydrogen-bond acceptors (Lipinski definition) is 4. The minimum Gasteiger partial charge on any atom is -0.466 e. The van der Waals surface area contributed by atoms with Crippen LogP contribution in [0.25, 0.3) is 0 Å². The third-order valence-corrected chi connectivity index (χ3v) is 10.7. The molecule has 4 nitrogen and oxygen atoms in total. The molecule has 7 unspecified atom stereocenters. The molecule has 0 aromatic rings. The summed E-state index contributed by atoms with van der Waals surface area (Å²) in [5.41, 5.74) is 0.477. The monoisotopic (exact) mass is 432 g/mol. The molecule has 0 heterocycles. The average Bonchev–Trinajstić information content (AvgIpc) is 3.06. The van der Waals surface area contributed by atoms with Gasteiger partial charge < -0.3 is 9.84 Å². The van der Waals surface area contributed by atoms with Crippen LogP contribution in [0.3, 0.4) is 0 Å². The third-order valence-electron chi connectivity index (χ3n) is 10.7. The summed E-state index contributed by atoms with van der Waals surface area (Å²) >= 11 is 0. The molecule has 31 heavy (non-hydrogen) atoms. The lowest BCUT2D eigenvalue weighted by Gasteiger charge is -2.62. The molecule has 4 aliphatic carbocycles. The first-order chi connectivity index (χ1) is 14.6. The lowest BCUT2D eigenvalue weighted by Crippen LogP contribution is -2.58. The van der Waals surface area contributed by atoms with Crippen LogP contribution in [0.5, 0.6) is 0 Å². The summed E-state index contributed by atoms with van der Waals surface area (Å²) < 4.78 is 5.26. The van der Waals surface area contributed by atoms with Gasteiger partial charge in [-0.25, -0.2) is 0 Å². The smallest absolute Gasteiger partial charge is 0.308 e. The molecule has 0 aliphatic heterocycles. The van der Waals surface area contributed by atoms with E-state index in [0.717, 1.165) is 25.7 Å². The molecule has 4 aliphatic rings. The molecule has 0 saturated heterocycles. The molecule has 0 bridgehead atoms. The predicted molar refractivity (Wildman–Crippen MR) is 121 cm³/mol. The predicted octanol–water partition coefficient (Wildman–Crippen LogP) is 5.41. The molecular formula is C27H44O4. The Morgan fingerprint density at radius 2 is 1.84 bits per heavy atom. The van der Waals surface area contributed by atoms with Crippen molar-refractivity contribution in [1.82, 2.24) is 0 Å². The third kappa shape index (κ3) is 3.79. The van der Waals surface area contributed by atoms with Crippen molar-refractivity contribution in [3.63, 3.8) is 0 Å². The standard InChI is InChI=1S/C27H44O4/c1-6-31-25(30)17(3)13-16(2)20-7-8-21-24-22(10-12-27(20,21)5)26(4)11-9-19(28)14-18(26)15-23(24)29/h16-18,20-24,29H,6-15H2,1-5H3/t16-,17?,18?,20-,21?,22?,23-,24?,26?,27?/m1/s1. The number of Topliss-reactive ketones (excluding diaryl/α,β-unsaturated/α-hetero) is 1. The number of ketones is 1. The van der Waals surface area contributed by atoms with Gasteiger partial charge in [0.05, 0.1) is 18.6 Å². The number of carbonyl (C=O) groups excluding carboxylic acids is 2. The van der Waals surface area contributed by atoms with Crippen LogP contribution in [0, 0.1) is 52.3 Å². The van der Waals surface area contributed by atoms with Crippen LogP contribution in [0.1, 0.15) is 92.4 Å². The van der Waals surface area contributed by atoms with Crippen molar-refractivity contribution in [2.45, 2.75) is 98.5 Å². The number of esters is 1. The highest BCUT2D eigenvalue weighted by molar-refractivity contribution is 5.79. The van der Waals surface area contributed by atoms with Gasteiger partial charge in [0.15, 0.2) is 0 Å². The van der Waals surface area contributed by atoms with Gasteiger partial charge in [-0.1, -0.05) is 27.7 Å². The highest BCUT2D eigenvalue weighted by atomic mass is 16.5. The van der Waals surface area contributed by atoms with Crippen LogP contribution in [0.15, 0.2) is 0 Å². The van der Waals surface area contributed by atoms with Crippen LogP contribution in [-0.2, 0) is 14.3 Å². The molecule has 4 rings (SSSR count). The first kappa shape index (κ1) is 23.3. The number of hydrogen-bond donors (Lipinski definition) is 1. The van der Waals surface area contributed by atoms with E-state index < -0.39 is 0 Å². The number of carbonyl (C=O) groups is 2. The van der Waals surface area contributed by atoms with Crippen molar-refractivity contribution in [2.75, 3.05) is 6.61 Å². The van der Waals surface area contributed by atoms with Gasteiger partial charge in [-0.15, -0.1) is 0 Å². The molecule has 4 heteroatoms. The maximum atomic E-state index is 12.2. The van der Waals surface area contributed by atoms with Crippen molar-refractivity contribution < 1.29 is 19.4 Å². The van der Waals surface area contributed by atoms with Crippen molar-refractivity contribution in [3.8, 4) is 0 Å². The Labute approximate surface area is 188 Å². The second kappa shape index (κ2) is 8.47. The zero-order chi connectivity index (χ0) is 22.6. The van der Waals surface area contributed by atoms with Gasteiger partial charge in [0.2, 0.25) is 0 Å². The van der Waals surface area contributed by atoms with Crippen LogP contribution >= 0.6 is 0 Å². The number of ether oxygens (including phenoxy) is 1. The molecule has 0 spiro atoms. The first-order valence-corrected chi connectivity index (χ1v) is 13.0. The molecule has 0 aromatic carbocycles. The fourth-order valence-corrected chi connectivity index (χ4v) is 9.09. The highest BCUT2D eigenvalue weighted by Gasteiger charge is 2.62. The van der Waals surface area contributed by atoms with E-state index in [1.807, 2.05) is 13.8 Å². The Morgan fingerprint density at radius 3 is 2.55 bits per heavy atom. The van der Waals surface area contributed by atoms with E-state index in [2.05, 4.69) is 20.8 Å². The highest BCUT2D eigenvalue weighted by Crippen LogP contribution is 2.68. The maximum absolute atomic E-state index is 12.2. The normalized spacial score (nSPS) is 46.5. The molecule has 0 aromatic heterocycles. The van der Waals surface area contributed by atoms with Gasteiger partial charge in [-0.05, 0) is 98.2 Å². The van der Waals surface area contributed by atoms with E-state index in [4.69, 9.17) is 4.74 Å². The van der Waals surface area contributed by atoms with Gasteiger partial charge in [0.1, 0.15) is 5.78 Å². The molecule has 176 valence electrons. The SMILES string of the molecule is CCOC(=O)C(C)C[C@@H](C)[C@H]1CCC2C3C(CCC21C)C1(C)CCC(=O)CC1C[C@H]3O. The van der Waals surface area contributed by atoms with Gasteiger partial charge in [-0.2, -0.15) is 0 Å². The van der Waals surface area contributed by atoms with Crippen molar-refractivity contribution in [1.29, 1.82) is 0 Å². The second-order valence-corrected chi connectivity index (χ2v) is 12.1. The number of fused-ring (bicyclic) bond motifs is 5. The molecule has 0 amide bonds. The summed E-state index contributed by atoms with van der Waals surface area (Å²) in [6.07, 6.45) is 8.72. The lowest BCUT2D eigenvalue weighted by molar-refractivity contribution is -0.169. The minimum absolute atomic E-state index is 0.0475. The summed E-state index contributed by atoms with van der Waals surface area (Å²) in [5.74, 6) is 3.27. The molecule has 4 fully saturated rings. The van der Waals surface area contributed by atoms with Gasteiger partial charge >= 0.3 is 5.97 Å². The maximum Gasteiger partial charge on any atom is 0.308 e. The lowest BCUT2D eigenvalue weighted by atomic mass is 9.43. The fourth-order valence-electron chi connectivity index (χ4n) is 9.09. The van der Waals surface area contributed by atoms with E-state index >= 15 is 0 Å². The quantitative estimate of drug-likeness (QED) is 0.590. The van der Waals surface area contributed by atoms with Crippen LogP contribution in [0.4, 0.5) is 0 Å².